The van der Waals surface area contributed by atoms with Gasteiger partial charge in [-0.15, -0.1) is 0 Å². The molecule has 3 N–H and O–H groups in total. The molecule has 3 nitrogen and oxygen atoms in total. The van der Waals surface area contributed by atoms with Crippen LogP contribution >= 0.6 is 0 Å². The van der Waals surface area contributed by atoms with Crippen molar-refractivity contribution in [2.75, 3.05) is 13.1 Å². The highest BCUT2D eigenvalue weighted by molar-refractivity contribution is 5.74. The van der Waals surface area contributed by atoms with Crippen LogP contribution in [0, 0.1) is 11.3 Å². The highest BCUT2D eigenvalue weighted by Gasteiger charge is 2.17. The summed E-state index contributed by atoms with van der Waals surface area (Å²) in [6, 6.07) is 0. The number of likely N-dealkylation sites (tertiary alicyclic amines) is 1. The average Bonchev–Trinajstić information content (AvgIpc) is 2.21. The molecule has 1 aliphatic rings. The Hall–Kier alpha value is -0.730. The Bertz CT molecular complexity index is 137. The number of piperidine rings is 1. The van der Waals surface area contributed by atoms with Crippen LogP contribution in [-0.2, 0) is 0 Å². The van der Waals surface area contributed by atoms with Gasteiger partial charge in [-0.1, -0.05) is 27.2 Å². The van der Waals surface area contributed by atoms with Crippen molar-refractivity contribution in [3.63, 3.8) is 0 Å². The maximum absolute atomic E-state index is 7.22. The molecule has 0 amide bonds. The molecule has 1 fully saturated rings. The molecular formula is C10H23N3. The minimum absolute atomic E-state index is 0.236. The SMILES string of the molecule is CC.CCC1CCN(C(=N)N)CC1. The van der Waals surface area contributed by atoms with Crippen LogP contribution in [0.15, 0.2) is 0 Å². The molecule has 1 aliphatic heterocycles. The van der Waals surface area contributed by atoms with E-state index in [9.17, 15) is 0 Å². The Morgan fingerprint density at radius 1 is 1.38 bits per heavy atom. The normalized spacial score (nSPS) is 17.6. The Morgan fingerprint density at radius 2 is 1.85 bits per heavy atom. The zero-order valence-electron chi connectivity index (χ0n) is 9.14. The van der Waals surface area contributed by atoms with E-state index < -0.39 is 0 Å². The topological polar surface area (TPSA) is 53.1 Å². The predicted molar refractivity (Wildman–Crippen MR) is 57.9 cm³/mol. The van der Waals surface area contributed by atoms with Gasteiger partial charge in [-0.3, -0.25) is 5.41 Å². The second kappa shape index (κ2) is 6.75. The Kier molecular flexibility index (Phi) is 6.37. The molecule has 0 aromatic rings. The maximum Gasteiger partial charge on any atom is 0.188 e. The number of nitrogens with two attached hydrogens (primary N) is 1. The Morgan fingerprint density at radius 3 is 2.15 bits per heavy atom. The van der Waals surface area contributed by atoms with Crippen molar-refractivity contribution in [1.29, 1.82) is 5.41 Å². The molecule has 13 heavy (non-hydrogen) atoms. The summed E-state index contributed by atoms with van der Waals surface area (Å²) in [6.45, 7) is 8.19. The summed E-state index contributed by atoms with van der Waals surface area (Å²) < 4.78 is 0. The van der Waals surface area contributed by atoms with Gasteiger partial charge in [0.2, 0.25) is 0 Å². The van der Waals surface area contributed by atoms with Gasteiger partial charge in [0.05, 0.1) is 0 Å². The Balaban J connectivity index is 0.000000671. The highest BCUT2D eigenvalue weighted by atomic mass is 15.2. The summed E-state index contributed by atoms with van der Waals surface area (Å²) in [5.74, 6) is 1.10. The van der Waals surface area contributed by atoms with E-state index >= 15 is 0 Å². The van der Waals surface area contributed by atoms with Crippen LogP contribution in [0.5, 0.6) is 0 Å². The van der Waals surface area contributed by atoms with E-state index in [1.165, 1.54) is 19.3 Å². The summed E-state index contributed by atoms with van der Waals surface area (Å²) in [6.07, 6.45) is 3.68. The van der Waals surface area contributed by atoms with Crippen LogP contribution < -0.4 is 5.73 Å². The molecule has 78 valence electrons. The molecule has 1 rings (SSSR count). The molecule has 0 aromatic carbocycles. The first-order valence-electron chi connectivity index (χ1n) is 5.33. The third kappa shape index (κ3) is 4.15. The molecule has 0 radical (unpaired) electrons. The maximum atomic E-state index is 7.22. The fourth-order valence-electron chi connectivity index (χ4n) is 1.58. The summed E-state index contributed by atoms with van der Waals surface area (Å²) >= 11 is 0. The number of guanidine groups is 1. The lowest BCUT2D eigenvalue weighted by Gasteiger charge is -2.31. The van der Waals surface area contributed by atoms with Gasteiger partial charge < -0.3 is 10.6 Å². The molecular weight excluding hydrogens is 162 g/mol. The molecule has 0 spiro atoms. The van der Waals surface area contributed by atoms with Crippen molar-refractivity contribution < 1.29 is 0 Å². The van der Waals surface area contributed by atoms with E-state index in [1.54, 1.807) is 0 Å². The second-order valence-corrected chi connectivity index (χ2v) is 3.22. The molecule has 1 saturated heterocycles. The summed E-state index contributed by atoms with van der Waals surface area (Å²) in [7, 11) is 0. The van der Waals surface area contributed by atoms with Gasteiger partial charge in [0.1, 0.15) is 0 Å². The molecule has 1 heterocycles. The first-order chi connectivity index (χ1) is 6.24. The van der Waals surface area contributed by atoms with Crippen molar-refractivity contribution in [3.05, 3.63) is 0 Å². The van der Waals surface area contributed by atoms with Crippen molar-refractivity contribution in [1.82, 2.24) is 4.90 Å². The van der Waals surface area contributed by atoms with Crippen LogP contribution in [0.1, 0.15) is 40.0 Å². The number of rotatable bonds is 1. The standard InChI is InChI=1S/C8H17N3.C2H6/c1-2-7-3-5-11(6-4-7)8(9)10;1-2/h7H,2-6H2,1H3,(H3,9,10);1-2H3. The number of nitrogens with zero attached hydrogens (tertiary/aromatic N) is 1. The van der Waals surface area contributed by atoms with Crippen molar-refractivity contribution in [2.45, 2.75) is 40.0 Å². The first-order valence-corrected chi connectivity index (χ1v) is 5.33. The fourth-order valence-corrected chi connectivity index (χ4v) is 1.58. The lowest BCUT2D eigenvalue weighted by Crippen LogP contribution is -2.42. The van der Waals surface area contributed by atoms with E-state index in [1.807, 2.05) is 18.7 Å². The average molecular weight is 185 g/mol. The second-order valence-electron chi connectivity index (χ2n) is 3.22. The van der Waals surface area contributed by atoms with E-state index in [4.69, 9.17) is 11.1 Å². The number of nitrogens with one attached hydrogen (secondary N) is 1. The van der Waals surface area contributed by atoms with Crippen LogP contribution in [0.4, 0.5) is 0 Å². The quantitative estimate of drug-likeness (QED) is 0.485. The van der Waals surface area contributed by atoms with Gasteiger partial charge in [-0.05, 0) is 18.8 Å². The van der Waals surface area contributed by atoms with E-state index in [-0.39, 0.29) is 5.96 Å². The van der Waals surface area contributed by atoms with Gasteiger partial charge >= 0.3 is 0 Å². The number of hydrogen-bond donors (Lipinski definition) is 2. The van der Waals surface area contributed by atoms with E-state index in [0.29, 0.717) is 0 Å². The molecule has 0 bridgehead atoms. The molecule has 0 atom stereocenters. The summed E-state index contributed by atoms with van der Waals surface area (Å²) in [5, 5.41) is 7.22. The van der Waals surface area contributed by atoms with Gasteiger partial charge in [0.25, 0.3) is 0 Å². The van der Waals surface area contributed by atoms with Gasteiger partial charge in [0.15, 0.2) is 5.96 Å². The smallest absolute Gasteiger partial charge is 0.188 e. The monoisotopic (exact) mass is 185 g/mol. The third-order valence-corrected chi connectivity index (χ3v) is 2.53. The van der Waals surface area contributed by atoms with Gasteiger partial charge in [-0.25, -0.2) is 0 Å². The van der Waals surface area contributed by atoms with Crippen LogP contribution in [-0.4, -0.2) is 23.9 Å². The minimum atomic E-state index is 0.236. The van der Waals surface area contributed by atoms with Gasteiger partial charge in [0, 0.05) is 13.1 Å². The predicted octanol–water partition coefficient (Wildman–Crippen LogP) is 2.03. The highest BCUT2D eigenvalue weighted by Crippen LogP contribution is 2.19. The van der Waals surface area contributed by atoms with Crippen LogP contribution in [0.25, 0.3) is 0 Å². The van der Waals surface area contributed by atoms with Crippen LogP contribution in [0.3, 0.4) is 0 Å². The lowest BCUT2D eigenvalue weighted by atomic mass is 9.95. The summed E-state index contributed by atoms with van der Waals surface area (Å²) in [5.41, 5.74) is 5.36. The molecule has 0 aromatic heterocycles. The third-order valence-electron chi connectivity index (χ3n) is 2.53. The minimum Gasteiger partial charge on any atom is -0.370 e. The Labute approximate surface area is 81.8 Å². The zero-order chi connectivity index (χ0) is 10.3. The molecule has 3 heteroatoms. The van der Waals surface area contributed by atoms with E-state index in [0.717, 1.165) is 19.0 Å². The fraction of sp³-hybridized carbons (Fsp3) is 0.900. The zero-order valence-corrected chi connectivity index (χ0v) is 9.14. The lowest BCUT2D eigenvalue weighted by molar-refractivity contribution is 0.258. The van der Waals surface area contributed by atoms with Crippen molar-refractivity contribution in [3.8, 4) is 0 Å². The van der Waals surface area contributed by atoms with Crippen molar-refractivity contribution in [2.24, 2.45) is 11.7 Å². The molecule has 0 aliphatic carbocycles. The van der Waals surface area contributed by atoms with E-state index in [2.05, 4.69) is 6.92 Å². The first kappa shape index (κ1) is 12.3. The molecule has 0 unspecified atom stereocenters. The van der Waals surface area contributed by atoms with Gasteiger partial charge in [-0.2, -0.15) is 0 Å². The largest absolute Gasteiger partial charge is 0.370 e. The molecule has 0 saturated carbocycles. The van der Waals surface area contributed by atoms with Crippen LogP contribution in [0.2, 0.25) is 0 Å². The number of hydrogen-bond acceptors (Lipinski definition) is 1. The summed E-state index contributed by atoms with van der Waals surface area (Å²) in [4.78, 5) is 1.95. The van der Waals surface area contributed by atoms with Crippen molar-refractivity contribution >= 4 is 5.96 Å².